The van der Waals surface area contributed by atoms with Gasteiger partial charge in [0, 0.05) is 5.92 Å². The van der Waals surface area contributed by atoms with E-state index in [0.29, 0.717) is 0 Å². The maximum absolute atomic E-state index is 11.9. The van der Waals surface area contributed by atoms with Gasteiger partial charge in [0.05, 0.1) is 0 Å². The SMILES string of the molecule is CC(C)C(=O)N(CC(F)(F)F)CC(F)(F)F. The highest BCUT2D eigenvalue weighted by Gasteiger charge is 2.39. The van der Waals surface area contributed by atoms with Crippen LogP contribution in [0.4, 0.5) is 26.3 Å². The van der Waals surface area contributed by atoms with Crippen LogP contribution in [0.5, 0.6) is 0 Å². The molecule has 0 aromatic heterocycles. The van der Waals surface area contributed by atoms with Crippen molar-refractivity contribution in [1.29, 1.82) is 0 Å². The molecule has 0 N–H and O–H groups in total. The van der Waals surface area contributed by atoms with Gasteiger partial charge in [-0.2, -0.15) is 26.3 Å². The van der Waals surface area contributed by atoms with Gasteiger partial charge in [-0.3, -0.25) is 4.79 Å². The Morgan fingerprint density at radius 2 is 1.31 bits per heavy atom. The van der Waals surface area contributed by atoms with E-state index >= 15 is 0 Å². The molecule has 96 valence electrons. The minimum atomic E-state index is -4.84. The Balaban J connectivity index is 4.71. The highest BCUT2D eigenvalue weighted by atomic mass is 19.4. The van der Waals surface area contributed by atoms with Crippen LogP contribution < -0.4 is 0 Å². The Morgan fingerprint density at radius 3 is 1.50 bits per heavy atom. The Bertz CT molecular complexity index is 228. The Hall–Kier alpha value is -0.950. The molecule has 0 unspecified atom stereocenters. The molecule has 0 saturated carbocycles. The lowest BCUT2D eigenvalue weighted by Crippen LogP contribution is -2.45. The summed E-state index contributed by atoms with van der Waals surface area (Å²) in [6, 6.07) is 0. The average molecular weight is 251 g/mol. The van der Waals surface area contributed by atoms with Gasteiger partial charge in [0.15, 0.2) is 0 Å². The highest BCUT2D eigenvalue weighted by molar-refractivity contribution is 5.78. The van der Waals surface area contributed by atoms with Gasteiger partial charge in [0.2, 0.25) is 5.91 Å². The predicted molar refractivity (Wildman–Crippen MR) is 43.5 cm³/mol. The van der Waals surface area contributed by atoms with Crippen molar-refractivity contribution in [2.75, 3.05) is 13.1 Å². The van der Waals surface area contributed by atoms with E-state index in [4.69, 9.17) is 0 Å². The number of alkyl halides is 6. The fourth-order valence-electron chi connectivity index (χ4n) is 1.01. The lowest BCUT2D eigenvalue weighted by Gasteiger charge is -2.26. The van der Waals surface area contributed by atoms with Crippen molar-refractivity contribution in [2.24, 2.45) is 5.92 Å². The van der Waals surface area contributed by atoms with Crippen LogP contribution >= 0.6 is 0 Å². The molecule has 0 heterocycles. The summed E-state index contributed by atoms with van der Waals surface area (Å²) < 4.78 is 71.7. The summed E-state index contributed by atoms with van der Waals surface area (Å²) in [7, 11) is 0. The van der Waals surface area contributed by atoms with Crippen molar-refractivity contribution >= 4 is 5.91 Å². The van der Waals surface area contributed by atoms with E-state index < -0.39 is 37.3 Å². The van der Waals surface area contributed by atoms with Crippen LogP contribution in [0.2, 0.25) is 0 Å². The fraction of sp³-hybridized carbons (Fsp3) is 0.875. The summed E-state index contributed by atoms with van der Waals surface area (Å²) in [6.07, 6.45) is -9.68. The molecule has 0 aromatic rings. The molecule has 0 saturated heterocycles. The quantitative estimate of drug-likeness (QED) is 0.706. The molecule has 0 fully saturated rings. The van der Waals surface area contributed by atoms with E-state index in [2.05, 4.69) is 0 Å². The van der Waals surface area contributed by atoms with E-state index in [0.717, 1.165) is 0 Å². The van der Waals surface area contributed by atoms with Crippen LogP contribution in [-0.4, -0.2) is 36.2 Å². The molecule has 0 rings (SSSR count). The van der Waals surface area contributed by atoms with Crippen molar-refractivity contribution in [3.05, 3.63) is 0 Å². The summed E-state index contributed by atoms with van der Waals surface area (Å²) >= 11 is 0. The number of carbonyl (C=O) groups excluding carboxylic acids is 1. The lowest BCUT2D eigenvalue weighted by atomic mass is 10.2. The standard InChI is InChI=1S/C8H11F6NO/c1-5(2)6(16)15(3-7(9,10)11)4-8(12,13)14/h5H,3-4H2,1-2H3. The van der Waals surface area contributed by atoms with Crippen molar-refractivity contribution < 1.29 is 31.1 Å². The number of amides is 1. The predicted octanol–water partition coefficient (Wildman–Crippen LogP) is 2.60. The van der Waals surface area contributed by atoms with Crippen molar-refractivity contribution in [1.82, 2.24) is 4.90 Å². The Morgan fingerprint density at radius 1 is 1.00 bits per heavy atom. The third-order valence-electron chi connectivity index (χ3n) is 1.55. The maximum Gasteiger partial charge on any atom is 0.406 e. The van der Waals surface area contributed by atoms with Gasteiger partial charge in [-0.05, 0) is 0 Å². The van der Waals surface area contributed by atoms with E-state index in [-0.39, 0.29) is 4.90 Å². The second-order valence-electron chi connectivity index (χ2n) is 3.58. The van der Waals surface area contributed by atoms with Gasteiger partial charge in [-0.1, -0.05) is 13.8 Å². The van der Waals surface area contributed by atoms with E-state index in [9.17, 15) is 31.1 Å². The van der Waals surface area contributed by atoms with Crippen molar-refractivity contribution in [3.63, 3.8) is 0 Å². The summed E-state index contributed by atoms with van der Waals surface area (Å²) in [5.41, 5.74) is 0. The first-order chi connectivity index (χ1) is 6.92. The number of nitrogens with zero attached hydrogens (tertiary/aromatic N) is 1. The summed E-state index contributed by atoms with van der Waals surface area (Å²) in [6.45, 7) is -1.29. The molecule has 0 aliphatic carbocycles. The zero-order valence-corrected chi connectivity index (χ0v) is 8.61. The molecule has 0 atom stereocenters. The van der Waals surface area contributed by atoms with Gasteiger partial charge in [-0.15, -0.1) is 0 Å². The summed E-state index contributed by atoms with van der Waals surface area (Å²) in [4.78, 5) is 10.9. The third kappa shape index (κ3) is 6.52. The summed E-state index contributed by atoms with van der Waals surface area (Å²) in [5.74, 6) is -2.08. The third-order valence-corrected chi connectivity index (χ3v) is 1.55. The number of hydrogen-bond donors (Lipinski definition) is 0. The minimum Gasteiger partial charge on any atom is -0.324 e. The molecule has 2 nitrogen and oxygen atoms in total. The Kier molecular flexibility index (Phi) is 4.63. The molecule has 0 spiro atoms. The average Bonchev–Trinajstić information content (AvgIpc) is 1.95. The number of rotatable bonds is 3. The van der Waals surface area contributed by atoms with E-state index in [1.807, 2.05) is 0 Å². The first-order valence-corrected chi connectivity index (χ1v) is 4.34. The fourth-order valence-corrected chi connectivity index (χ4v) is 1.01. The largest absolute Gasteiger partial charge is 0.406 e. The van der Waals surface area contributed by atoms with Crippen LogP contribution in [0.25, 0.3) is 0 Å². The monoisotopic (exact) mass is 251 g/mol. The molecule has 0 radical (unpaired) electrons. The molecular formula is C8H11F6NO. The van der Waals surface area contributed by atoms with Crippen LogP contribution in [0.1, 0.15) is 13.8 Å². The van der Waals surface area contributed by atoms with Gasteiger partial charge in [0.25, 0.3) is 0 Å². The molecule has 8 heteroatoms. The maximum atomic E-state index is 11.9. The normalized spacial score (nSPS) is 13.1. The minimum absolute atomic E-state index is 0.231. The van der Waals surface area contributed by atoms with E-state index in [1.165, 1.54) is 13.8 Å². The first-order valence-electron chi connectivity index (χ1n) is 4.34. The highest BCUT2D eigenvalue weighted by Crippen LogP contribution is 2.22. The van der Waals surface area contributed by atoms with Crippen molar-refractivity contribution in [2.45, 2.75) is 26.2 Å². The molecule has 0 aliphatic heterocycles. The van der Waals surface area contributed by atoms with Gasteiger partial charge < -0.3 is 4.90 Å². The Labute approximate surface area is 88.2 Å². The molecular weight excluding hydrogens is 240 g/mol. The molecule has 1 amide bonds. The second-order valence-corrected chi connectivity index (χ2v) is 3.58. The number of halogens is 6. The zero-order valence-electron chi connectivity index (χ0n) is 8.61. The zero-order chi connectivity index (χ0) is 13.1. The van der Waals surface area contributed by atoms with Gasteiger partial charge in [-0.25, -0.2) is 0 Å². The van der Waals surface area contributed by atoms with Crippen LogP contribution in [0.15, 0.2) is 0 Å². The molecule has 16 heavy (non-hydrogen) atoms. The molecule has 0 bridgehead atoms. The van der Waals surface area contributed by atoms with Crippen LogP contribution in [0, 0.1) is 5.92 Å². The molecule has 0 aliphatic rings. The summed E-state index contributed by atoms with van der Waals surface area (Å²) in [5, 5.41) is 0. The number of carbonyl (C=O) groups is 1. The van der Waals surface area contributed by atoms with Gasteiger partial charge in [0.1, 0.15) is 13.1 Å². The molecule has 0 aromatic carbocycles. The van der Waals surface area contributed by atoms with E-state index in [1.54, 1.807) is 0 Å². The first kappa shape index (κ1) is 15.0. The van der Waals surface area contributed by atoms with Gasteiger partial charge >= 0.3 is 12.4 Å². The lowest BCUT2D eigenvalue weighted by molar-refractivity contribution is -0.189. The van der Waals surface area contributed by atoms with Crippen LogP contribution in [0.3, 0.4) is 0 Å². The second kappa shape index (κ2) is 4.92. The number of hydrogen-bond acceptors (Lipinski definition) is 1. The topological polar surface area (TPSA) is 20.3 Å². The van der Waals surface area contributed by atoms with Crippen LogP contribution in [-0.2, 0) is 4.79 Å². The van der Waals surface area contributed by atoms with Crippen molar-refractivity contribution in [3.8, 4) is 0 Å². The smallest absolute Gasteiger partial charge is 0.324 e.